The number of hydrogen-bond acceptors (Lipinski definition) is 5. The number of imide groups is 1. The average molecular weight is 320 g/mol. The summed E-state index contributed by atoms with van der Waals surface area (Å²) in [6, 6.07) is 6.18. The van der Waals surface area contributed by atoms with Gasteiger partial charge in [-0.3, -0.25) is 14.5 Å². The molecular formula is C15H17N2O4P. The molecule has 0 spiro atoms. The molecule has 2 rings (SSSR count). The lowest BCUT2D eigenvalue weighted by Gasteiger charge is -2.23. The molecule has 1 aromatic rings. The molecule has 1 heterocycles. The number of carbonyl (C=O) groups excluding carboxylic acids is 3. The van der Waals surface area contributed by atoms with Crippen LogP contribution >= 0.6 is 9.39 Å². The first-order chi connectivity index (χ1) is 10.6. The van der Waals surface area contributed by atoms with Crippen LogP contribution < -0.4 is 5.09 Å². The molecular weight excluding hydrogens is 303 g/mol. The lowest BCUT2D eigenvalue weighted by molar-refractivity contribution is -0.134. The highest BCUT2D eigenvalue weighted by molar-refractivity contribution is 7.13. The van der Waals surface area contributed by atoms with E-state index in [4.69, 9.17) is 0 Å². The van der Waals surface area contributed by atoms with Crippen molar-refractivity contribution in [3.8, 4) is 0 Å². The van der Waals surface area contributed by atoms with E-state index in [0.717, 1.165) is 0 Å². The van der Waals surface area contributed by atoms with Crippen LogP contribution in [-0.4, -0.2) is 42.4 Å². The second-order valence-corrected chi connectivity index (χ2v) is 5.13. The van der Waals surface area contributed by atoms with Crippen LogP contribution in [0.1, 0.15) is 27.1 Å². The van der Waals surface area contributed by atoms with Crippen LogP contribution in [0.5, 0.6) is 0 Å². The molecule has 2 atom stereocenters. The number of hydrogen-bond donors (Lipinski definition) is 1. The second-order valence-electron chi connectivity index (χ2n) is 4.72. The predicted octanol–water partition coefficient (Wildman–Crippen LogP) is 1.15. The van der Waals surface area contributed by atoms with Crippen LogP contribution in [0.15, 0.2) is 36.4 Å². The standard InChI is InChI=1S/C15H17N2O4P/c1-21-13(18)7-6-10(8-9-16-22)17-14(19)11-4-2-3-5-12(11)15(17)20/h2-7,10,16H,8-9,22H2,1H3/b7-6+. The molecule has 22 heavy (non-hydrogen) atoms. The van der Waals surface area contributed by atoms with Gasteiger partial charge in [0.2, 0.25) is 0 Å². The van der Waals surface area contributed by atoms with Crippen molar-refractivity contribution in [2.45, 2.75) is 12.5 Å². The van der Waals surface area contributed by atoms with Gasteiger partial charge in [-0.2, -0.15) is 0 Å². The molecule has 2 unspecified atom stereocenters. The zero-order chi connectivity index (χ0) is 16.1. The number of methoxy groups -OCH3 is 1. The van der Waals surface area contributed by atoms with Gasteiger partial charge >= 0.3 is 5.97 Å². The van der Waals surface area contributed by atoms with E-state index in [-0.39, 0.29) is 11.8 Å². The molecule has 2 amide bonds. The Bertz CT molecular complexity index is 595. The van der Waals surface area contributed by atoms with Gasteiger partial charge in [0, 0.05) is 12.6 Å². The molecule has 1 N–H and O–H groups in total. The molecule has 0 bridgehead atoms. The molecule has 0 saturated carbocycles. The number of amides is 2. The number of benzene rings is 1. The number of ether oxygens (including phenoxy) is 1. The Labute approximate surface area is 130 Å². The fourth-order valence-electron chi connectivity index (χ4n) is 2.31. The zero-order valence-electron chi connectivity index (χ0n) is 12.1. The fraction of sp³-hybridized carbons (Fsp3) is 0.267. The summed E-state index contributed by atoms with van der Waals surface area (Å²) in [6.07, 6.45) is 3.25. The molecule has 1 aliphatic heterocycles. The molecule has 116 valence electrons. The molecule has 0 aliphatic carbocycles. The number of esters is 1. The summed E-state index contributed by atoms with van der Waals surface area (Å²) in [4.78, 5) is 37.4. The number of fused-ring (bicyclic) bond motifs is 1. The molecule has 1 aliphatic rings. The summed E-state index contributed by atoms with van der Waals surface area (Å²) in [5.74, 6) is -1.21. The van der Waals surface area contributed by atoms with Crippen molar-refractivity contribution in [3.05, 3.63) is 47.5 Å². The first-order valence-electron chi connectivity index (χ1n) is 6.76. The Morgan fingerprint density at radius 2 is 1.91 bits per heavy atom. The average Bonchev–Trinajstić information content (AvgIpc) is 2.80. The normalized spacial score (nSPS) is 15.3. The van der Waals surface area contributed by atoms with Gasteiger partial charge in [-0.25, -0.2) is 4.79 Å². The van der Waals surface area contributed by atoms with E-state index in [0.29, 0.717) is 24.1 Å². The van der Waals surface area contributed by atoms with E-state index in [1.54, 1.807) is 24.3 Å². The van der Waals surface area contributed by atoms with Gasteiger partial charge in [-0.05, 0) is 18.6 Å². The van der Waals surface area contributed by atoms with E-state index in [9.17, 15) is 14.4 Å². The molecule has 1 aromatic carbocycles. The van der Waals surface area contributed by atoms with E-state index in [2.05, 4.69) is 19.2 Å². The Hall–Kier alpha value is -2.04. The third-order valence-electron chi connectivity index (χ3n) is 3.40. The summed E-state index contributed by atoms with van der Waals surface area (Å²) >= 11 is 0. The highest BCUT2D eigenvalue weighted by Crippen LogP contribution is 2.25. The van der Waals surface area contributed by atoms with Crippen molar-refractivity contribution in [3.63, 3.8) is 0 Å². The largest absolute Gasteiger partial charge is 0.466 e. The maximum absolute atomic E-state index is 12.5. The van der Waals surface area contributed by atoms with Crippen molar-refractivity contribution < 1.29 is 19.1 Å². The number of carbonyl (C=O) groups is 3. The van der Waals surface area contributed by atoms with E-state index >= 15 is 0 Å². The summed E-state index contributed by atoms with van der Waals surface area (Å²) in [7, 11) is 3.63. The highest BCUT2D eigenvalue weighted by atomic mass is 31.0. The quantitative estimate of drug-likeness (QED) is 0.368. The number of nitrogens with zero attached hydrogens (tertiary/aromatic N) is 1. The monoisotopic (exact) mass is 320 g/mol. The summed E-state index contributed by atoms with van der Waals surface area (Å²) in [6.45, 7) is 0.564. The van der Waals surface area contributed by atoms with Crippen molar-refractivity contribution in [2.75, 3.05) is 13.7 Å². The lowest BCUT2D eigenvalue weighted by atomic mass is 10.1. The molecule has 0 radical (unpaired) electrons. The van der Waals surface area contributed by atoms with Crippen molar-refractivity contribution >= 4 is 27.2 Å². The van der Waals surface area contributed by atoms with Gasteiger partial charge < -0.3 is 9.82 Å². The lowest BCUT2D eigenvalue weighted by Crippen LogP contribution is -2.40. The molecule has 7 heteroatoms. The minimum absolute atomic E-state index is 0.344. The Balaban J connectivity index is 2.28. The van der Waals surface area contributed by atoms with Gasteiger partial charge in [-0.1, -0.05) is 27.6 Å². The van der Waals surface area contributed by atoms with Crippen LogP contribution in [0.4, 0.5) is 0 Å². The van der Waals surface area contributed by atoms with E-state index in [1.807, 2.05) is 0 Å². The zero-order valence-corrected chi connectivity index (χ0v) is 13.3. The van der Waals surface area contributed by atoms with Gasteiger partial charge in [0.05, 0.1) is 24.3 Å². The Kier molecular flexibility index (Phi) is 5.41. The minimum Gasteiger partial charge on any atom is -0.466 e. The number of nitrogens with one attached hydrogen (secondary N) is 1. The van der Waals surface area contributed by atoms with Crippen molar-refractivity contribution in [1.82, 2.24) is 9.99 Å². The fourth-order valence-corrected chi connectivity index (χ4v) is 2.48. The SMILES string of the molecule is COC(=O)/C=C/C(CCNP)N1C(=O)c2ccccc2C1=O. The van der Waals surface area contributed by atoms with Crippen LogP contribution in [0.3, 0.4) is 0 Å². The van der Waals surface area contributed by atoms with E-state index < -0.39 is 12.0 Å². The minimum atomic E-state index is -0.527. The maximum Gasteiger partial charge on any atom is 0.330 e. The Morgan fingerprint density at radius 3 is 2.41 bits per heavy atom. The van der Waals surface area contributed by atoms with Crippen LogP contribution in [-0.2, 0) is 9.53 Å². The third kappa shape index (κ3) is 3.24. The predicted molar refractivity (Wildman–Crippen MR) is 84.2 cm³/mol. The first-order valence-corrected chi connectivity index (χ1v) is 7.34. The third-order valence-corrected chi connectivity index (χ3v) is 3.69. The summed E-state index contributed by atoms with van der Waals surface area (Å²) in [5, 5.41) is 2.89. The topological polar surface area (TPSA) is 75.7 Å². The highest BCUT2D eigenvalue weighted by Gasteiger charge is 2.38. The van der Waals surface area contributed by atoms with Crippen molar-refractivity contribution in [1.29, 1.82) is 0 Å². The van der Waals surface area contributed by atoms with Crippen LogP contribution in [0.2, 0.25) is 0 Å². The van der Waals surface area contributed by atoms with Gasteiger partial charge in [-0.15, -0.1) is 0 Å². The van der Waals surface area contributed by atoms with Crippen LogP contribution in [0, 0.1) is 0 Å². The molecule has 0 fully saturated rings. The van der Waals surface area contributed by atoms with Gasteiger partial charge in [0.25, 0.3) is 11.8 Å². The number of rotatable bonds is 6. The summed E-state index contributed by atoms with van der Waals surface area (Å²) in [5.41, 5.74) is 0.783. The Morgan fingerprint density at radius 1 is 1.32 bits per heavy atom. The second kappa shape index (κ2) is 7.29. The maximum atomic E-state index is 12.5. The van der Waals surface area contributed by atoms with E-state index in [1.165, 1.54) is 24.2 Å². The van der Waals surface area contributed by atoms with Gasteiger partial charge in [0.1, 0.15) is 0 Å². The molecule has 6 nitrogen and oxygen atoms in total. The van der Waals surface area contributed by atoms with Crippen LogP contribution in [0.25, 0.3) is 0 Å². The summed E-state index contributed by atoms with van der Waals surface area (Å²) < 4.78 is 4.55. The molecule has 0 saturated heterocycles. The van der Waals surface area contributed by atoms with Gasteiger partial charge in [0.15, 0.2) is 0 Å². The van der Waals surface area contributed by atoms with Crippen molar-refractivity contribution in [2.24, 2.45) is 0 Å². The smallest absolute Gasteiger partial charge is 0.330 e. The first kappa shape index (κ1) is 16.3. The molecule has 0 aromatic heterocycles.